The van der Waals surface area contributed by atoms with Crippen molar-refractivity contribution in [3.63, 3.8) is 0 Å². The number of sulfonamides is 1. The summed E-state index contributed by atoms with van der Waals surface area (Å²) >= 11 is 0. The van der Waals surface area contributed by atoms with Crippen LogP contribution in [0.2, 0.25) is 0 Å². The number of carbonyl (C=O) groups is 1. The van der Waals surface area contributed by atoms with Gasteiger partial charge in [0.2, 0.25) is 10.0 Å². The van der Waals surface area contributed by atoms with Crippen LogP contribution in [0.1, 0.15) is 40.3 Å². The van der Waals surface area contributed by atoms with Crippen LogP contribution in [-0.2, 0) is 23.6 Å². The fourth-order valence-corrected chi connectivity index (χ4v) is 4.95. The summed E-state index contributed by atoms with van der Waals surface area (Å²) in [6.45, 7) is 1.42. The first-order chi connectivity index (χ1) is 19.6. The van der Waals surface area contributed by atoms with Gasteiger partial charge in [0.25, 0.3) is 11.5 Å². The Bertz CT molecular complexity index is 2030. The number of benzene rings is 1. The van der Waals surface area contributed by atoms with Crippen LogP contribution in [0.5, 0.6) is 0 Å². The number of rotatable bonds is 7. The molecule has 0 saturated carbocycles. The third-order valence-electron chi connectivity index (χ3n) is 6.34. The molecule has 0 radical (unpaired) electrons. The normalized spacial score (nSPS) is 12.3. The number of hydrogen-bond donors (Lipinski definition) is 3. The summed E-state index contributed by atoms with van der Waals surface area (Å²) in [6.07, 6.45) is 6.46. The number of nitrogens with zero attached hydrogens (tertiary/aromatic N) is 7. The Morgan fingerprint density at radius 3 is 2.76 bits per heavy atom. The lowest BCUT2D eigenvalue weighted by molar-refractivity contribution is 0.0939. The Balaban J connectivity index is 1.59. The molecular weight excluding hydrogens is 548 g/mol. The minimum atomic E-state index is -3.67. The Hall–Kier alpha value is -5.07. The number of aromatic nitrogens is 7. The molecule has 15 heteroatoms. The van der Waals surface area contributed by atoms with Gasteiger partial charge in [-0.1, -0.05) is 17.9 Å². The number of aryl methyl sites for hydroxylation is 1. The molecule has 14 nitrogen and oxygen atoms in total. The van der Waals surface area contributed by atoms with Crippen molar-refractivity contribution in [2.45, 2.75) is 19.5 Å². The predicted molar refractivity (Wildman–Crippen MR) is 151 cm³/mol. The van der Waals surface area contributed by atoms with Crippen molar-refractivity contribution in [3.8, 4) is 11.8 Å². The fourth-order valence-electron chi connectivity index (χ4n) is 4.33. The standard InChI is InChI=1S/C26H26N10O4S/c1-16(31-25(37)21-22(27)33-36-11-5-10-29-24(21)36)23-32-19-7-4-6-18(9-8-17-14-30-34(3)15-17)20(19)26(38)35(23)12-13-41(39,40)28-2/h4-7,10-11,14-16,28H,12-13H2,1-3H3,(H2,27,33)(H,31,37). The smallest absolute Gasteiger partial charge is 0.262 e. The summed E-state index contributed by atoms with van der Waals surface area (Å²) in [5.74, 6) is 5.16. The first-order valence-electron chi connectivity index (χ1n) is 12.4. The summed E-state index contributed by atoms with van der Waals surface area (Å²) in [5, 5.41) is 11.2. The highest BCUT2D eigenvalue weighted by Crippen LogP contribution is 2.20. The van der Waals surface area contributed by atoms with E-state index in [0.29, 0.717) is 16.6 Å². The molecule has 41 heavy (non-hydrogen) atoms. The van der Waals surface area contributed by atoms with Crippen molar-refractivity contribution in [1.82, 2.24) is 44.0 Å². The highest BCUT2D eigenvalue weighted by molar-refractivity contribution is 7.89. The molecule has 0 fully saturated rings. The Morgan fingerprint density at radius 1 is 1.22 bits per heavy atom. The third kappa shape index (κ3) is 5.51. The number of nitrogens with two attached hydrogens (primary N) is 1. The van der Waals surface area contributed by atoms with Gasteiger partial charge < -0.3 is 11.1 Å². The second kappa shape index (κ2) is 10.8. The van der Waals surface area contributed by atoms with E-state index in [1.165, 1.54) is 22.3 Å². The number of fused-ring (bicyclic) bond motifs is 2. The molecule has 4 N–H and O–H groups in total. The number of anilines is 1. The Morgan fingerprint density at radius 2 is 2.02 bits per heavy atom. The summed E-state index contributed by atoms with van der Waals surface area (Å²) in [4.78, 5) is 36.1. The number of hydrogen-bond acceptors (Lipinski definition) is 9. The van der Waals surface area contributed by atoms with Crippen molar-refractivity contribution in [3.05, 3.63) is 81.9 Å². The predicted octanol–water partition coefficient (Wildman–Crippen LogP) is 0.195. The first-order valence-corrected chi connectivity index (χ1v) is 14.1. The summed E-state index contributed by atoms with van der Waals surface area (Å²) < 4.78 is 31.0. The lowest BCUT2D eigenvalue weighted by Crippen LogP contribution is -2.36. The molecule has 0 aliphatic rings. The topological polar surface area (TPSA) is 184 Å². The lowest BCUT2D eigenvalue weighted by atomic mass is 10.1. The van der Waals surface area contributed by atoms with E-state index in [1.54, 1.807) is 61.5 Å². The van der Waals surface area contributed by atoms with Crippen LogP contribution in [0.4, 0.5) is 5.82 Å². The van der Waals surface area contributed by atoms with E-state index in [-0.39, 0.29) is 34.8 Å². The second-order valence-corrected chi connectivity index (χ2v) is 11.2. The van der Waals surface area contributed by atoms with Gasteiger partial charge in [0.15, 0.2) is 11.5 Å². The second-order valence-electron chi connectivity index (χ2n) is 9.15. The summed E-state index contributed by atoms with van der Waals surface area (Å²) in [5.41, 5.74) is 7.25. The molecule has 4 aromatic heterocycles. The van der Waals surface area contributed by atoms with Gasteiger partial charge in [-0.15, -0.1) is 5.10 Å². The van der Waals surface area contributed by atoms with E-state index < -0.39 is 33.3 Å². The van der Waals surface area contributed by atoms with Crippen LogP contribution < -0.4 is 21.3 Å². The van der Waals surface area contributed by atoms with Gasteiger partial charge in [-0.05, 0) is 32.2 Å². The van der Waals surface area contributed by atoms with Gasteiger partial charge >= 0.3 is 0 Å². The largest absolute Gasteiger partial charge is 0.381 e. The van der Waals surface area contributed by atoms with Gasteiger partial charge in [-0.3, -0.25) is 18.8 Å². The Kier molecular flexibility index (Phi) is 7.26. The van der Waals surface area contributed by atoms with Gasteiger partial charge in [-0.2, -0.15) is 5.10 Å². The van der Waals surface area contributed by atoms with E-state index >= 15 is 0 Å². The maximum atomic E-state index is 13.9. The molecule has 1 amide bonds. The highest BCUT2D eigenvalue weighted by Gasteiger charge is 2.25. The van der Waals surface area contributed by atoms with Gasteiger partial charge in [-0.25, -0.2) is 27.6 Å². The maximum absolute atomic E-state index is 13.9. The van der Waals surface area contributed by atoms with E-state index in [4.69, 9.17) is 5.73 Å². The molecule has 4 heterocycles. The van der Waals surface area contributed by atoms with Crippen molar-refractivity contribution in [2.75, 3.05) is 18.5 Å². The van der Waals surface area contributed by atoms with Gasteiger partial charge in [0.05, 0.1) is 34.5 Å². The number of amides is 1. The third-order valence-corrected chi connectivity index (χ3v) is 7.68. The zero-order valence-corrected chi connectivity index (χ0v) is 23.2. The van der Waals surface area contributed by atoms with Crippen LogP contribution in [0.3, 0.4) is 0 Å². The van der Waals surface area contributed by atoms with E-state index in [0.717, 1.165) is 0 Å². The average Bonchev–Trinajstić information content (AvgIpc) is 3.52. The monoisotopic (exact) mass is 574 g/mol. The van der Waals surface area contributed by atoms with E-state index in [9.17, 15) is 18.0 Å². The van der Waals surface area contributed by atoms with Crippen LogP contribution in [-0.4, -0.2) is 61.1 Å². The van der Waals surface area contributed by atoms with Crippen LogP contribution in [0.15, 0.2) is 53.8 Å². The lowest BCUT2D eigenvalue weighted by Gasteiger charge is -2.20. The number of carbonyl (C=O) groups excluding carboxylic acids is 1. The molecule has 0 spiro atoms. The molecule has 1 atom stereocenters. The molecule has 210 valence electrons. The van der Waals surface area contributed by atoms with E-state index in [1.807, 2.05) is 0 Å². The fraction of sp³-hybridized carbons (Fsp3) is 0.231. The van der Waals surface area contributed by atoms with Crippen molar-refractivity contribution < 1.29 is 13.2 Å². The van der Waals surface area contributed by atoms with Crippen molar-refractivity contribution in [2.24, 2.45) is 7.05 Å². The van der Waals surface area contributed by atoms with E-state index in [2.05, 4.69) is 42.0 Å². The van der Waals surface area contributed by atoms with Crippen LogP contribution >= 0.6 is 0 Å². The molecular formula is C26H26N10O4S. The highest BCUT2D eigenvalue weighted by atomic mass is 32.2. The minimum absolute atomic E-state index is 0.0193. The molecule has 5 aromatic rings. The number of nitrogen functional groups attached to an aromatic ring is 1. The molecule has 0 bridgehead atoms. The van der Waals surface area contributed by atoms with Crippen molar-refractivity contribution in [1.29, 1.82) is 0 Å². The molecule has 5 rings (SSSR count). The molecule has 0 aliphatic heterocycles. The van der Waals surface area contributed by atoms with Crippen molar-refractivity contribution >= 4 is 38.3 Å². The van der Waals surface area contributed by atoms with Crippen LogP contribution in [0.25, 0.3) is 16.6 Å². The number of nitrogens with one attached hydrogen (secondary N) is 2. The maximum Gasteiger partial charge on any atom is 0.262 e. The van der Waals surface area contributed by atoms with Crippen LogP contribution in [0, 0.1) is 11.8 Å². The average molecular weight is 575 g/mol. The first kappa shape index (κ1) is 27.5. The summed E-state index contributed by atoms with van der Waals surface area (Å²) in [6, 6.07) is 5.88. The molecule has 0 aliphatic carbocycles. The zero-order chi connectivity index (χ0) is 29.3. The minimum Gasteiger partial charge on any atom is -0.381 e. The molecule has 1 unspecified atom stereocenters. The SMILES string of the molecule is CNS(=O)(=O)CCn1c(C(C)NC(=O)c2c(N)nn3cccnc23)nc2cccc(C#Cc3cnn(C)c3)c2c1=O. The summed E-state index contributed by atoms with van der Waals surface area (Å²) in [7, 11) is -0.607. The van der Waals surface area contributed by atoms with Gasteiger partial charge in [0, 0.05) is 37.7 Å². The molecule has 1 aromatic carbocycles. The van der Waals surface area contributed by atoms with Gasteiger partial charge in [0.1, 0.15) is 11.4 Å². The zero-order valence-electron chi connectivity index (χ0n) is 22.4. The quantitative estimate of drug-likeness (QED) is 0.228. The Labute approximate surface area is 234 Å². The molecule has 0 saturated heterocycles.